The summed E-state index contributed by atoms with van der Waals surface area (Å²) in [6, 6.07) is 13.2. The van der Waals surface area contributed by atoms with E-state index >= 15 is 0 Å². The number of hydrogen-bond acceptors (Lipinski definition) is 6. The third kappa shape index (κ3) is 3.94. The number of aryl methyl sites for hydroxylation is 3. The average Bonchev–Trinajstić information content (AvgIpc) is 3.12. The van der Waals surface area contributed by atoms with Gasteiger partial charge in [0, 0.05) is 21.7 Å². The van der Waals surface area contributed by atoms with E-state index in [1.807, 2.05) is 49.6 Å². The number of thioether (sulfide) groups is 1. The van der Waals surface area contributed by atoms with Gasteiger partial charge in [-0.05, 0) is 50.1 Å². The molecule has 0 saturated heterocycles. The third-order valence-corrected chi connectivity index (χ3v) is 7.71. The zero-order chi connectivity index (χ0) is 23.3. The lowest BCUT2D eigenvalue weighted by Gasteiger charge is -2.20. The second kappa shape index (κ2) is 8.37. The number of carbonyl (C=O) groups excluding carboxylic acids is 1. The van der Waals surface area contributed by atoms with E-state index in [0.29, 0.717) is 30.8 Å². The molecule has 3 heterocycles. The molecule has 0 aliphatic carbocycles. The number of fused-ring (bicyclic) bond motifs is 2. The van der Waals surface area contributed by atoms with Crippen LogP contribution < -0.4 is 16.3 Å². The van der Waals surface area contributed by atoms with Gasteiger partial charge in [-0.1, -0.05) is 53.2 Å². The second-order valence-corrected chi connectivity index (χ2v) is 10.1. The molecule has 9 heteroatoms. The first-order chi connectivity index (χ1) is 15.8. The number of nitrogens with zero attached hydrogens (tertiary/aromatic N) is 2. The van der Waals surface area contributed by atoms with E-state index in [4.69, 9.17) is 11.6 Å². The lowest BCUT2D eigenvalue weighted by atomic mass is 10.1. The first-order valence-electron chi connectivity index (χ1n) is 10.2. The quantitative estimate of drug-likeness (QED) is 0.345. The minimum absolute atomic E-state index is 0.235. The highest BCUT2D eigenvalue weighted by Crippen LogP contribution is 2.33. The van der Waals surface area contributed by atoms with Crippen LogP contribution >= 0.6 is 34.7 Å². The van der Waals surface area contributed by atoms with Crippen LogP contribution in [0.4, 0.5) is 5.69 Å². The van der Waals surface area contributed by atoms with E-state index in [1.165, 1.54) is 27.8 Å². The molecule has 0 bridgehead atoms. The fourth-order valence-corrected chi connectivity index (χ4v) is 5.75. The van der Waals surface area contributed by atoms with Crippen LogP contribution in [0.25, 0.3) is 15.9 Å². The van der Waals surface area contributed by atoms with Crippen molar-refractivity contribution in [2.24, 2.45) is 0 Å². The molecule has 0 spiro atoms. The molecule has 0 saturated carbocycles. The maximum Gasteiger partial charge on any atom is 0.282 e. The molecule has 4 aromatic rings. The zero-order valence-electron chi connectivity index (χ0n) is 18.0. The first-order valence-corrected chi connectivity index (χ1v) is 12.2. The zero-order valence-corrected chi connectivity index (χ0v) is 20.4. The normalized spacial score (nSPS) is 12.8. The van der Waals surface area contributed by atoms with Crippen LogP contribution in [0.3, 0.4) is 0 Å². The van der Waals surface area contributed by atoms with E-state index in [9.17, 15) is 9.59 Å². The lowest BCUT2D eigenvalue weighted by molar-refractivity contribution is 0.103. The molecule has 2 aromatic heterocycles. The molecule has 0 unspecified atom stereocenters. The molecule has 6 nitrogen and oxygen atoms in total. The van der Waals surface area contributed by atoms with E-state index in [2.05, 4.69) is 15.7 Å². The second-order valence-electron chi connectivity index (χ2n) is 7.81. The number of rotatable bonds is 3. The van der Waals surface area contributed by atoms with Crippen molar-refractivity contribution in [1.82, 2.24) is 9.66 Å². The van der Waals surface area contributed by atoms with Crippen LogP contribution in [0.1, 0.15) is 31.9 Å². The van der Waals surface area contributed by atoms with Gasteiger partial charge in [-0.25, -0.2) is 4.98 Å². The molecule has 2 N–H and O–H groups in total. The Morgan fingerprint density at radius 3 is 2.61 bits per heavy atom. The predicted molar refractivity (Wildman–Crippen MR) is 137 cm³/mol. The third-order valence-electron chi connectivity index (χ3n) is 5.44. The molecule has 0 atom stereocenters. The van der Waals surface area contributed by atoms with Crippen LogP contribution in [0.15, 0.2) is 57.8 Å². The van der Waals surface area contributed by atoms with Gasteiger partial charge in [0.15, 0.2) is 5.16 Å². The number of hydrogen-bond donors (Lipinski definition) is 2. The van der Waals surface area contributed by atoms with Crippen molar-refractivity contribution in [2.75, 3.05) is 10.7 Å². The first kappa shape index (κ1) is 21.8. The number of benzene rings is 2. The van der Waals surface area contributed by atoms with Crippen molar-refractivity contribution in [1.29, 1.82) is 0 Å². The number of thiophene rings is 1. The molecule has 1 amide bonds. The Bertz CT molecular complexity index is 1520. The fourth-order valence-electron chi connectivity index (χ4n) is 3.71. The molecule has 5 rings (SSSR count). The lowest BCUT2D eigenvalue weighted by Crippen LogP contribution is -2.32. The molecule has 1 aliphatic rings. The molecule has 2 aromatic carbocycles. The summed E-state index contributed by atoms with van der Waals surface area (Å²) in [6.07, 6.45) is 0. The summed E-state index contributed by atoms with van der Waals surface area (Å²) < 4.78 is 1.43. The summed E-state index contributed by atoms with van der Waals surface area (Å²) in [5, 5.41) is 6.49. The number of carbonyl (C=O) groups is 1. The van der Waals surface area contributed by atoms with Gasteiger partial charge in [-0.15, -0.1) is 11.3 Å². The van der Waals surface area contributed by atoms with Crippen LogP contribution in [-0.4, -0.2) is 15.6 Å². The number of halogens is 1. The standard InChI is InChI=1S/C24H19ClN4O2S2/c1-12-4-9-17(13(2)10-12)26-21(30)20-14(3)19-22(33-20)27-24-29(23(19)31)28-18(11-32-24)15-5-7-16(25)8-6-15/h4-11,28H,1-3H3,(H,26,30). The molecule has 33 heavy (non-hydrogen) atoms. The Morgan fingerprint density at radius 1 is 1.12 bits per heavy atom. The largest absolute Gasteiger partial charge is 0.321 e. The Hall–Kier alpha value is -3.07. The molecule has 0 radical (unpaired) electrons. The van der Waals surface area contributed by atoms with Crippen molar-refractivity contribution in [2.45, 2.75) is 25.9 Å². The maximum atomic E-state index is 13.4. The highest BCUT2D eigenvalue weighted by molar-refractivity contribution is 8.02. The summed E-state index contributed by atoms with van der Waals surface area (Å²) in [5.41, 5.74) is 8.08. The van der Waals surface area contributed by atoms with Gasteiger partial charge in [-0.2, -0.15) is 4.68 Å². The monoisotopic (exact) mass is 494 g/mol. The smallest absolute Gasteiger partial charge is 0.282 e. The predicted octanol–water partition coefficient (Wildman–Crippen LogP) is 5.94. The van der Waals surface area contributed by atoms with Crippen molar-refractivity contribution in [3.63, 3.8) is 0 Å². The average molecular weight is 495 g/mol. The summed E-state index contributed by atoms with van der Waals surface area (Å²) in [5.74, 6) is -0.245. The van der Waals surface area contributed by atoms with E-state index in [1.54, 1.807) is 19.1 Å². The number of nitrogens with one attached hydrogen (secondary N) is 2. The van der Waals surface area contributed by atoms with Crippen molar-refractivity contribution in [3.05, 3.63) is 90.4 Å². The van der Waals surface area contributed by atoms with E-state index < -0.39 is 0 Å². The van der Waals surface area contributed by atoms with Gasteiger partial charge in [0.2, 0.25) is 0 Å². The van der Waals surface area contributed by atoms with Crippen LogP contribution in [-0.2, 0) is 0 Å². The highest BCUT2D eigenvalue weighted by Gasteiger charge is 2.24. The summed E-state index contributed by atoms with van der Waals surface area (Å²) >= 11 is 8.58. The van der Waals surface area contributed by atoms with Gasteiger partial charge < -0.3 is 5.32 Å². The van der Waals surface area contributed by atoms with E-state index in [0.717, 1.165) is 28.1 Å². The van der Waals surface area contributed by atoms with Gasteiger partial charge in [0.1, 0.15) is 4.83 Å². The van der Waals surface area contributed by atoms with Gasteiger partial charge in [0.25, 0.3) is 11.5 Å². The van der Waals surface area contributed by atoms with Crippen LogP contribution in [0, 0.1) is 20.8 Å². The molecule has 0 fully saturated rings. The van der Waals surface area contributed by atoms with Gasteiger partial charge in [-0.3, -0.25) is 15.0 Å². The number of aromatic nitrogens is 2. The Morgan fingerprint density at radius 2 is 1.88 bits per heavy atom. The highest BCUT2D eigenvalue weighted by atomic mass is 35.5. The maximum absolute atomic E-state index is 13.4. The van der Waals surface area contributed by atoms with Gasteiger partial charge in [0.05, 0.1) is 16.0 Å². The topological polar surface area (TPSA) is 76.0 Å². The van der Waals surface area contributed by atoms with Gasteiger partial charge >= 0.3 is 0 Å². The van der Waals surface area contributed by atoms with Crippen molar-refractivity contribution in [3.8, 4) is 0 Å². The molecular weight excluding hydrogens is 476 g/mol. The van der Waals surface area contributed by atoms with E-state index in [-0.39, 0.29) is 11.5 Å². The summed E-state index contributed by atoms with van der Waals surface area (Å²) in [4.78, 5) is 32.1. The van der Waals surface area contributed by atoms with Crippen molar-refractivity contribution >= 4 is 62.2 Å². The summed E-state index contributed by atoms with van der Waals surface area (Å²) in [6.45, 7) is 5.75. The van der Waals surface area contributed by atoms with Crippen molar-refractivity contribution < 1.29 is 4.79 Å². The Balaban J connectivity index is 1.51. The molecule has 166 valence electrons. The van der Waals surface area contributed by atoms with Crippen LogP contribution in [0.5, 0.6) is 0 Å². The minimum atomic E-state index is -0.245. The van der Waals surface area contributed by atoms with Crippen LogP contribution in [0.2, 0.25) is 5.02 Å². The molecular formula is C24H19ClN4O2S2. The minimum Gasteiger partial charge on any atom is -0.321 e. The Labute approximate surface area is 203 Å². The fraction of sp³-hybridized carbons (Fsp3) is 0.125. The Kier molecular flexibility index (Phi) is 5.52. The number of amides is 1. The molecule has 1 aliphatic heterocycles. The summed E-state index contributed by atoms with van der Waals surface area (Å²) in [7, 11) is 0. The SMILES string of the molecule is Cc1ccc(NC(=O)c2sc3nc4n(c(=O)c3c2C)NC(c2ccc(Cl)cc2)=CS4)c(C)c1. The number of anilines is 1.